The zero-order chi connectivity index (χ0) is 15.5. The van der Waals surface area contributed by atoms with E-state index in [-0.39, 0.29) is 23.7 Å². The summed E-state index contributed by atoms with van der Waals surface area (Å²) in [5, 5.41) is 0. The van der Waals surface area contributed by atoms with Gasteiger partial charge in [0.1, 0.15) is 0 Å². The topological polar surface area (TPSA) is 79.5 Å². The van der Waals surface area contributed by atoms with Crippen molar-refractivity contribution >= 4 is 17.5 Å². The van der Waals surface area contributed by atoms with Gasteiger partial charge >= 0.3 is 0 Å². The van der Waals surface area contributed by atoms with Crippen LogP contribution in [0.3, 0.4) is 0 Å². The molecule has 6 heteroatoms. The summed E-state index contributed by atoms with van der Waals surface area (Å²) in [6, 6.07) is 4.00. The van der Waals surface area contributed by atoms with Crippen LogP contribution in [0.15, 0.2) is 24.5 Å². The number of piperidine rings is 1. The number of carbonyl (C=O) groups excluding carboxylic acids is 2. The summed E-state index contributed by atoms with van der Waals surface area (Å²) in [5.41, 5.74) is 6.50. The lowest BCUT2D eigenvalue weighted by atomic mass is 9.95. The Bertz CT molecular complexity index is 540. The monoisotopic (exact) mass is 302 g/mol. The molecule has 0 aromatic carbocycles. The van der Waals surface area contributed by atoms with Crippen molar-refractivity contribution in [2.24, 2.45) is 17.6 Å². The first kappa shape index (κ1) is 14.8. The van der Waals surface area contributed by atoms with Crippen LogP contribution >= 0.6 is 0 Å². The number of hydrogen-bond donors (Lipinski definition) is 1. The minimum Gasteiger partial charge on any atom is -0.371 e. The fourth-order valence-electron chi connectivity index (χ4n) is 3.39. The molecule has 2 amide bonds. The molecule has 22 heavy (non-hydrogen) atoms. The first-order valence-corrected chi connectivity index (χ1v) is 7.88. The lowest BCUT2D eigenvalue weighted by Gasteiger charge is -2.34. The van der Waals surface area contributed by atoms with Gasteiger partial charge in [-0.3, -0.25) is 14.6 Å². The molecule has 6 nitrogen and oxygen atoms in total. The van der Waals surface area contributed by atoms with Crippen molar-refractivity contribution in [3.63, 3.8) is 0 Å². The lowest BCUT2D eigenvalue weighted by Crippen LogP contribution is -2.42. The van der Waals surface area contributed by atoms with E-state index in [1.165, 1.54) is 0 Å². The zero-order valence-corrected chi connectivity index (χ0v) is 12.6. The number of anilines is 1. The quantitative estimate of drug-likeness (QED) is 0.888. The molecule has 1 atom stereocenters. The molecule has 2 N–H and O–H groups in total. The van der Waals surface area contributed by atoms with Gasteiger partial charge in [0.25, 0.3) is 0 Å². The number of likely N-dealkylation sites (tertiary alicyclic amines) is 1. The van der Waals surface area contributed by atoms with E-state index in [0.717, 1.165) is 31.6 Å². The summed E-state index contributed by atoms with van der Waals surface area (Å²) in [6.45, 7) is 2.93. The Morgan fingerprint density at radius 2 is 1.68 bits per heavy atom. The predicted molar refractivity (Wildman–Crippen MR) is 83.1 cm³/mol. The molecule has 0 radical (unpaired) electrons. The van der Waals surface area contributed by atoms with E-state index in [0.29, 0.717) is 19.5 Å². The number of rotatable bonds is 3. The van der Waals surface area contributed by atoms with Crippen LogP contribution in [0, 0.1) is 11.8 Å². The third kappa shape index (κ3) is 3.05. The highest BCUT2D eigenvalue weighted by molar-refractivity contribution is 5.82. The van der Waals surface area contributed by atoms with Crippen molar-refractivity contribution in [3.8, 4) is 0 Å². The predicted octanol–water partition coefficient (Wildman–Crippen LogP) is 0.632. The van der Waals surface area contributed by atoms with Crippen LogP contribution in [0.5, 0.6) is 0 Å². The molecular formula is C16H22N4O2. The van der Waals surface area contributed by atoms with Gasteiger partial charge in [0, 0.05) is 50.2 Å². The van der Waals surface area contributed by atoms with Crippen LogP contribution < -0.4 is 10.6 Å². The molecule has 0 spiro atoms. The van der Waals surface area contributed by atoms with Crippen molar-refractivity contribution < 1.29 is 9.59 Å². The number of primary amides is 1. The Kier molecular flexibility index (Phi) is 4.27. The van der Waals surface area contributed by atoms with Gasteiger partial charge in [-0.05, 0) is 31.4 Å². The van der Waals surface area contributed by atoms with E-state index < -0.39 is 0 Å². The highest BCUT2D eigenvalue weighted by Gasteiger charge is 2.34. The number of aromatic nitrogens is 1. The maximum atomic E-state index is 12.6. The van der Waals surface area contributed by atoms with Gasteiger partial charge in [0.2, 0.25) is 11.8 Å². The van der Waals surface area contributed by atoms with Gasteiger partial charge in [-0.1, -0.05) is 0 Å². The maximum absolute atomic E-state index is 12.6. The van der Waals surface area contributed by atoms with E-state index in [2.05, 4.69) is 9.88 Å². The Morgan fingerprint density at radius 1 is 1.05 bits per heavy atom. The average molecular weight is 302 g/mol. The van der Waals surface area contributed by atoms with Gasteiger partial charge in [0.05, 0.1) is 5.92 Å². The average Bonchev–Trinajstić information content (AvgIpc) is 3.05. The third-order valence-electron chi connectivity index (χ3n) is 4.77. The number of pyridine rings is 1. The van der Waals surface area contributed by atoms with Crippen LogP contribution in [0.25, 0.3) is 0 Å². The normalized spacial score (nSPS) is 22.8. The maximum Gasteiger partial charge on any atom is 0.225 e. The van der Waals surface area contributed by atoms with E-state index in [4.69, 9.17) is 5.73 Å². The molecule has 2 fully saturated rings. The van der Waals surface area contributed by atoms with Gasteiger partial charge in [-0.25, -0.2) is 0 Å². The molecule has 1 unspecified atom stereocenters. The summed E-state index contributed by atoms with van der Waals surface area (Å²) < 4.78 is 0. The SMILES string of the molecule is NC(=O)C1CCN(C(=O)C2CCN(c3ccncc3)CC2)C1. The van der Waals surface area contributed by atoms with Crippen molar-refractivity contribution in [3.05, 3.63) is 24.5 Å². The standard InChI is InChI=1S/C16H22N4O2/c17-15(21)13-5-10-20(11-13)16(22)12-3-8-19(9-4-12)14-1-6-18-7-2-14/h1-2,6-7,12-13H,3-5,8-11H2,(H2,17,21). The Labute approximate surface area is 130 Å². The van der Waals surface area contributed by atoms with Crippen LogP contribution in [-0.2, 0) is 9.59 Å². The van der Waals surface area contributed by atoms with E-state index in [1.807, 2.05) is 17.0 Å². The van der Waals surface area contributed by atoms with Crippen LogP contribution in [0.4, 0.5) is 5.69 Å². The molecule has 0 aliphatic carbocycles. The molecule has 1 aromatic heterocycles. The number of hydrogen-bond acceptors (Lipinski definition) is 4. The van der Waals surface area contributed by atoms with Gasteiger partial charge < -0.3 is 15.5 Å². The van der Waals surface area contributed by atoms with Gasteiger partial charge in [-0.2, -0.15) is 0 Å². The fraction of sp³-hybridized carbons (Fsp3) is 0.562. The van der Waals surface area contributed by atoms with Crippen molar-refractivity contribution in [1.82, 2.24) is 9.88 Å². The molecule has 1 aromatic rings. The van der Waals surface area contributed by atoms with Crippen LogP contribution in [-0.4, -0.2) is 47.9 Å². The minimum absolute atomic E-state index is 0.0738. The summed E-state index contributed by atoms with van der Waals surface area (Å²) in [6.07, 6.45) is 6.01. The molecule has 3 rings (SSSR count). The summed E-state index contributed by atoms with van der Waals surface area (Å²) >= 11 is 0. The summed E-state index contributed by atoms with van der Waals surface area (Å²) in [7, 11) is 0. The van der Waals surface area contributed by atoms with Crippen molar-refractivity contribution in [1.29, 1.82) is 0 Å². The highest BCUT2D eigenvalue weighted by Crippen LogP contribution is 2.26. The van der Waals surface area contributed by atoms with Crippen LogP contribution in [0.1, 0.15) is 19.3 Å². The second kappa shape index (κ2) is 6.34. The number of carbonyl (C=O) groups is 2. The summed E-state index contributed by atoms with van der Waals surface area (Å²) in [5.74, 6) is -0.188. The second-order valence-corrected chi connectivity index (χ2v) is 6.14. The van der Waals surface area contributed by atoms with Crippen LogP contribution in [0.2, 0.25) is 0 Å². The fourth-order valence-corrected chi connectivity index (χ4v) is 3.39. The molecule has 3 heterocycles. The molecular weight excluding hydrogens is 280 g/mol. The van der Waals surface area contributed by atoms with E-state index in [9.17, 15) is 9.59 Å². The lowest BCUT2D eigenvalue weighted by molar-refractivity contribution is -0.135. The largest absolute Gasteiger partial charge is 0.371 e. The highest BCUT2D eigenvalue weighted by atomic mass is 16.2. The van der Waals surface area contributed by atoms with Gasteiger partial charge in [-0.15, -0.1) is 0 Å². The second-order valence-electron chi connectivity index (χ2n) is 6.14. The first-order chi connectivity index (χ1) is 10.6. The number of nitrogens with two attached hydrogens (primary N) is 1. The first-order valence-electron chi connectivity index (χ1n) is 7.88. The van der Waals surface area contributed by atoms with Gasteiger partial charge in [0.15, 0.2) is 0 Å². The Hall–Kier alpha value is -2.11. The van der Waals surface area contributed by atoms with Crippen molar-refractivity contribution in [2.45, 2.75) is 19.3 Å². The minimum atomic E-state index is -0.289. The molecule has 0 saturated carbocycles. The molecule has 0 bridgehead atoms. The van der Waals surface area contributed by atoms with E-state index in [1.54, 1.807) is 12.4 Å². The molecule has 2 saturated heterocycles. The third-order valence-corrected chi connectivity index (χ3v) is 4.77. The summed E-state index contributed by atoms with van der Waals surface area (Å²) in [4.78, 5) is 31.9. The zero-order valence-electron chi connectivity index (χ0n) is 12.6. The van der Waals surface area contributed by atoms with Crippen molar-refractivity contribution in [2.75, 3.05) is 31.1 Å². The molecule has 118 valence electrons. The smallest absolute Gasteiger partial charge is 0.225 e. The number of nitrogens with zero attached hydrogens (tertiary/aromatic N) is 3. The number of amides is 2. The molecule has 2 aliphatic rings. The Morgan fingerprint density at radius 3 is 2.27 bits per heavy atom. The molecule has 2 aliphatic heterocycles. The Balaban J connectivity index is 1.53. The van der Waals surface area contributed by atoms with E-state index >= 15 is 0 Å².